The second-order valence-corrected chi connectivity index (χ2v) is 4.15. The Hall–Kier alpha value is -2.00. The lowest BCUT2D eigenvalue weighted by Gasteiger charge is -2.21. The van der Waals surface area contributed by atoms with E-state index in [1.54, 1.807) is 24.5 Å². The van der Waals surface area contributed by atoms with Gasteiger partial charge in [-0.1, -0.05) is 24.3 Å². The van der Waals surface area contributed by atoms with E-state index >= 15 is 0 Å². The van der Waals surface area contributed by atoms with Crippen LogP contribution >= 0.6 is 0 Å². The molecule has 0 fully saturated rings. The Morgan fingerprint density at radius 1 is 1.06 bits per heavy atom. The quantitative estimate of drug-likeness (QED) is 0.806. The Balaban J connectivity index is 2.24. The lowest BCUT2D eigenvalue weighted by Crippen LogP contribution is -2.22. The van der Waals surface area contributed by atoms with Gasteiger partial charge in [0.15, 0.2) is 0 Å². The van der Waals surface area contributed by atoms with Crippen LogP contribution in [0.2, 0.25) is 0 Å². The van der Waals surface area contributed by atoms with Crippen molar-refractivity contribution in [3.8, 4) is 0 Å². The van der Waals surface area contributed by atoms with Gasteiger partial charge in [-0.05, 0) is 19.1 Å². The zero-order chi connectivity index (χ0) is 11.9. The van der Waals surface area contributed by atoms with Crippen molar-refractivity contribution in [2.45, 2.75) is 12.6 Å². The summed E-state index contributed by atoms with van der Waals surface area (Å²) < 4.78 is 0. The molecule has 0 saturated heterocycles. The predicted octanol–water partition coefficient (Wildman–Crippen LogP) is 2.10. The molecule has 3 nitrogen and oxygen atoms in total. The van der Waals surface area contributed by atoms with Crippen molar-refractivity contribution < 1.29 is 5.11 Å². The first-order valence-electron chi connectivity index (χ1n) is 5.51. The molecule has 0 radical (unpaired) electrons. The molecule has 1 aromatic carbocycles. The Labute approximate surface area is 99.5 Å². The van der Waals surface area contributed by atoms with Gasteiger partial charge in [-0.15, -0.1) is 0 Å². The van der Waals surface area contributed by atoms with Gasteiger partial charge in [0.2, 0.25) is 5.72 Å². The Morgan fingerprint density at radius 2 is 1.76 bits per heavy atom. The van der Waals surface area contributed by atoms with Crippen LogP contribution in [-0.2, 0) is 5.72 Å². The van der Waals surface area contributed by atoms with Crippen molar-refractivity contribution >= 4 is 5.71 Å². The molecule has 0 saturated carbocycles. The average molecular weight is 224 g/mol. The van der Waals surface area contributed by atoms with E-state index in [9.17, 15) is 5.11 Å². The minimum atomic E-state index is -1.26. The fraction of sp³-hybridized carbons (Fsp3) is 0.143. The summed E-state index contributed by atoms with van der Waals surface area (Å²) in [5, 5.41) is 10.8. The highest BCUT2D eigenvalue weighted by molar-refractivity contribution is 6.03. The minimum Gasteiger partial charge on any atom is -0.362 e. The number of aliphatic hydroxyl groups is 1. The SMILES string of the molecule is CC1=NC(O)(c2ccncc2)c2ccccc21. The van der Waals surface area contributed by atoms with E-state index in [0.717, 1.165) is 22.4 Å². The van der Waals surface area contributed by atoms with Gasteiger partial charge >= 0.3 is 0 Å². The molecule has 17 heavy (non-hydrogen) atoms. The first-order valence-corrected chi connectivity index (χ1v) is 5.51. The maximum atomic E-state index is 10.8. The Bertz CT molecular complexity index is 592. The second kappa shape index (κ2) is 3.50. The van der Waals surface area contributed by atoms with E-state index in [0.29, 0.717) is 0 Å². The van der Waals surface area contributed by atoms with Crippen LogP contribution in [0.1, 0.15) is 23.6 Å². The van der Waals surface area contributed by atoms with Gasteiger partial charge in [-0.2, -0.15) is 0 Å². The first kappa shape index (κ1) is 10.2. The molecule has 1 aliphatic rings. The fourth-order valence-corrected chi connectivity index (χ4v) is 2.27. The summed E-state index contributed by atoms with van der Waals surface area (Å²) in [6, 6.07) is 11.3. The van der Waals surface area contributed by atoms with Gasteiger partial charge in [-0.25, -0.2) is 4.99 Å². The zero-order valence-electron chi connectivity index (χ0n) is 9.46. The third-order valence-corrected chi connectivity index (χ3v) is 3.10. The molecule has 0 spiro atoms. The van der Waals surface area contributed by atoms with Gasteiger partial charge in [0, 0.05) is 34.8 Å². The van der Waals surface area contributed by atoms with E-state index in [4.69, 9.17) is 0 Å². The highest BCUT2D eigenvalue weighted by Gasteiger charge is 2.38. The summed E-state index contributed by atoms with van der Waals surface area (Å²) in [5.74, 6) is 0. The molecule has 0 bridgehead atoms. The lowest BCUT2D eigenvalue weighted by molar-refractivity contribution is 0.0949. The number of hydrogen-bond acceptors (Lipinski definition) is 3. The maximum absolute atomic E-state index is 10.8. The van der Waals surface area contributed by atoms with Crippen molar-refractivity contribution in [3.05, 3.63) is 65.5 Å². The van der Waals surface area contributed by atoms with Crippen molar-refractivity contribution in [3.63, 3.8) is 0 Å². The number of nitrogens with zero attached hydrogens (tertiary/aromatic N) is 2. The summed E-state index contributed by atoms with van der Waals surface area (Å²) in [5.41, 5.74) is 2.19. The molecule has 0 amide bonds. The number of benzene rings is 1. The molecule has 0 aliphatic carbocycles. The van der Waals surface area contributed by atoms with Gasteiger partial charge in [0.1, 0.15) is 0 Å². The van der Waals surface area contributed by atoms with Gasteiger partial charge in [0.05, 0.1) is 0 Å². The maximum Gasteiger partial charge on any atom is 0.209 e. The van der Waals surface area contributed by atoms with Crippen molar-refractivity contribution in [2.75, 3.05) is 0 Å². The van der Waals surface area contributed by atoms with E-state index in [1.165, 1.54) is 0 Å². The Kier molecular flexibility index (Phi) is 2.09. The van der Waals surface area contributed by atoms with E-state index in [2.05, 4.69) is 9.98 Å². The molecular formula is C14H12N2O. The topological polar surface area (TPSA) is 45.5 Å². The molecule has 1 N–H and O–H groups in total. The number of hydrogen-bond donors (Lipinski definition) is 1. The molecular weight excluding hydrogens is 212 g/mol. The van der Waals surface area contributed by atoms with Crippen LogP contribution < -0.4 is 0 Å². The third kappa shape index (κ3) is 1.40. The summed E-state index contributed by atoms with van der Waals surface area (Å²) in [7, 11) is 0. The average Bonchev–Trinajstić information content (AvgIpc) is 2.65. The van der Waals surface area contributed by atoms with Gasteiger partial charge in [0.25, 0.3) is 0 Å². The molecule has 3 heteroatoms. The van der Waals surface area contributed by atoms with E-state index in [1.807, 2.05) is 31.2 Å². The summed E-state index contributed by atoms with van der Waals surface area (Å²) in [6.07, 6.45) is 3.33. The number of aliphatic imine (C=N–C) groups is 1. The molecule has 84 valence electrons. The third-order valence-electron chi connectivity index (χ3n) is 3.10. The molecule has 3 rings (SSSR count). The standard InChI is InChI=1S/C14H12N2O/c1-10-12-4-2-3-5-13(12)14(17,16-10)11-6-8-15-9-7-11/h2-9,17H,1H3. The van der Waals surface area contributed by atoms with Crippen LogP contribution in [0.3, 0.4) is 0 Å². The summed E-state index contributed by atoms with van der Waals surface area (Å²) in [6.45, 7) is 1.91. The number of pyridine rings is 1. The van der Waals surface area contributed by atoms with Crippen molar-refractivity contribution in [1.29, 1.82) is 0 Å². The fourth-order valence-electron chi connectivity index (χ4n) is 2.27. The molecule has 2 heterocycles. The van der Waals surface area contributed by atoms with Crippen molar-refractivity contribution in [2.24, 2.45) is 4.99 Å². The highest BCUT2D eigenvalue weighted by atomic mass is 16.3. The lowest BCUT2D eigenvalue weighted by atomic mass is 9.94. The molecule has 1 aliphatic heterocycles. The normalized spacial score (nSPS) is 22.1. The van der Waals surface area contributed by atoms with E-state index < -0.39 is 5.72 Å². The van der Waals surface area contributed by atoms with E-state index in [-0.39, 0.29) is 0 Å². The van der Waals surface area contributed by atoms with Crippen LogP contribution in [0, 0.1) is 0 Å². The molecule has 1 aromatic heterocycles. The number of aromatic nitrogens is 1. The predicted molar refractivity (Wildman–Crippen MR) is 65.9 cm³/mol. The number of fused-ring (bicyclic) bond motifs is 1. The molecule has 2 aromatic rings. The van der Waals surface area contributed by atoms with Crippen LogP contribution in [0.15, 0.2) is 53.8 Å². The van der Waals surface area contributed by atoms with Gasteiger partial charge in [-0.3, -0.25) is 4.98 Å². The monoisotopic (exact) mass is 224 g/mol. The largest absolute Gasteiger partial charge is 0.362 e. The number of rotatable bonds is 1. The zero-order valence-corrected chi connectivity index (χ0v) is 9.46. The first-order chi connectivity index (χ1) is 8.22. The van der Waals surface area contributed by atoms with Gasteiger partial charge < -0.3 is 5.11 Å². The van der Waals surface area contributed by atoms with Crippen molar-refractivity contribution in [1.82, 2.24) is 4.98 Å². The van der Waals surface area contributed by atoms with Crippen LogP contribution in [-0.4, -0.2) is 15.8 Å². The Morgan fingerprint density at radius 3 is 2.53 bits per heavy atom. The summed E-state index contributed by atoms with van der Waals surface area (Å²) in [4.78, 5) is 8.37. The molecule has 1 unspecified atom stereocenters. The van der Waals surface area contributed by atoms with Crippen LogP contribution in [0.4, 0.5) is 0 Å². The molecule has 1 atom stereocenters. The van der Waals surface area contributed by atoms with Crippen LogP contribution in [0.25, 0.3) is 0 Å². The smallest absolute Gasteiger partial charge is 0.209 e. The minimum absolute atomic E-state index is 0.747. The van der Waals surface area contributed by atoms with Crippen LogP contribution in [0.5, 0.6) is 0 Å². The highest BCUT2D eigenvalue weighted by Crippen LogP contribution is 2.38. The second-order valence-electron chi connectivity index (χ2n) is 4.15. The summed E-state index contributed by atoms with van der Waals surface area (Å²) >= 11 is 0.